The van der Waals surface area contributed by atoms with E-state index in [1.807, 2.05) is 18.2 Å². The lowest BCUT2D eigenvalue weighted by molar-refractivity contribution is -0.134. The molecule has 5 nitrogen and oxygen atoms in total. The Labute approximate surface area is 167 Å². The quantitative estimate of drug-likeness (QED) is 0.693. The van der Waals surface area contributed by atoms with Gasteiger partial charge in [0.05, 0.1) is 12.5 Å². The highest BCUT2D eigenvalue weighted by atomic mass is 16.2. The van der Waals surface area contributed by atoms with E-state index in [-0.39, 0.29) is 18.2 Å². The average Bonchev–Trinajstić information content (AvgIpc) is 2.72. The van der Waals surface area contributed by atoms with E-state index >= 15 is 0 Å². The number of nitrogens with zero attached hydrogens (tertiary/aromatic N) is 1. The summed E-state index contributed by atoms with van der Waals surface area (Å²) in [5.41, 5.74) is 3.51. The molecule has 0 aromatic heterocycles. The summed E-state index contributed by atoms with van der Waals surface area (Å²) in [4.78, 5) is 26.7. The summed E-state index contributed by atoms with van der Waals surface area (Å²) < 4.78 is 0. The van der Waals surface area contributed by atoms with Crippen molar-refractivity contribution in [2.24, 2.45) is 0 Å². The van der Waals surface area contributed by atoms with E-state index in [1.54, 1.807) is 0 Å². The molecule has 2 amide bonds. The summed E-state index contributed by atoms with van der Waals surface area (Å²) in [5, 5.41) is 5.81. The van der Waals surface area contributed by atoms with Gasteiger partial charge in [-0.05, 0) is 23.1 Å². The summed E-state index contributed by atoms with van der Waals surface area (Å²) in [5.74, 6) is -0.113. The van der Waals surface area contributed by atoms with Gasteiger partial charge in [-0.15, -0.1) is 0 Å². The maximum atomic E-state index is 12.4. The second kappa shape index (κ2) is 10.0. The standard InChI is InChI=1S/C23H29N3O2/c1-2-3-13-24-22(27)16-21-23(28)25-14-15-26(21)17-18-9-11-20(12-10-18)19-7-5-4-6-8-19/h4-12,21H,2-3,13-17H2,1H3,(H,24,27)(H,25,28)/t21-/m0/s1. The predicted molar refractivity (Wildman–Crippen MR) is 112 cm³/mol. The monoisotopic (exact) mass is 379 g/mol. The molecular formula is C23H29N3O2. The van der Waals surface area contributed by atoms with Crippen molar-refractivity contribution in [2.45, 2.75) is 38.8 Å². The van der Waals surface area contributed by atoms with Crippen LogP contribution in [0.5, 0.6) is 0 Å². The van der Waals surface area contributed by atoms with Crippen LogP contribution < -0.4 is 10.6 Å². The van der Waals surface area contributed by atoms with Gasteiger partial charge >= 0.3 is 0 Å². The van der Waals surface area contributed by atoms with Crippen molar-refractivity contribution < 1.29 is 9.59 Å². The van der Waals surface area contributed by atoms with Crippen molar-refractivity contribution in [1.82, 2.24) is 15.5 Å². The number of rotatable bonds is 8. The van der Waals surface area contributed by atoms with Gasteiger partial charge in [0.25, 0.3) is 0 Å². The van der Waals surface area contributed by atoms with Crippen LogP contribution in [-0.2, 0) is 16.1 Å². The van der Waals surface area contributed by atoms with Crippen LogP contribution in [0.1, 0.15) is 31.7 Å². The molecule has 5 heteroatoms. The largest absolute Gasteiger partial charge is 0.356 e. The third-order valence-corrected chi connectivity index (χ3v) is 5.12. The van der Waals surface area contributed by atoms with Gasteiger partial charge < -0.3 is 10.6 Å². The second-order valence-corrected chi connectivity index (χ2v) is 7.25. The molecule has 2 aromatic carbocycles. The molecule has 1 aliphatic heterocycles. The third-order valence-electron chi connectivity index (χ3n) is 5.12. The van der Waals surface area contributed by atoms with Crippen LogP contribution in [0, 0.1) is 0 Å². The molecule has 28 heavy (non-hydrogen) atoms. The van der Waals surface area contributed by atoms with Gasteiger partial charge in [-0.1, -0.05) is 67.9 Å². The van der Waals surface area contributed by atoms with E-state index < -0.39 is 6.04 Å². The molecule has 1 fully saturated rings. The van der Waals surface area contributed by atoms with E-state index in [9.17, 15) is 9.59 Å². The summed E-state index contributed by atoms with van der Waals surface area (Å²) in [6.45, 7) is 4.79. The first-order chi connectivity index (χ1) is 13.7. The van der Waals surface area contributed by atoms with Crippen LogP contribution in [-0.4, -0.2) is 42.4 Å². The number of carbonyl (C=O) groups excluding carboxylic acids is 2. The normalized spacial score (nSPS) is 17.2. The molecule has 0 bridgehead atoms. The van der Waals surface area contributed by atoms with Crippen molar-refractivity contribution in [2.75, 3.05) is 19.6 Å². The van der Waals surface area contributed by atoms with Gasteiger partial charge in [-0.2, -0.15) is 0 Å². The molecule has 1 saturated heterocycles. The van der Waals surface area contributed by atoms with Crippen molar-refractivity contribution >= 4 is 11.8 Å². The van der Waals surface area contributed by atoms with Gasteiger partial charge in [0.1, 0.15) is 0 Å². The first-order valence-electron chi connectivity index (χ1n) is 10.1. The summed E-state index contributed by atoms with van der Waals surface area (Å²) in [6, 6.07) is 18.3. The minimum absolute atomic E-state index is 0.0556. The van der Waals surface area contributed by atoms with Gasteiger partial charge in [0.2, 0.25) is 11.8 Å². The minimum Gasteiger partial charge on any atom is -0.356 e. The number of nitrogens with one attached hydrogen (secondary N) is 2. The average molecular weight is 380 g/mol. The molecule has 1 atom stereocenters. The first-order valence-corrected chi connectivity index (χ1v) is 10.1. The Balaban J connectivity index is 1.63. The Bertz CT molecular complexity index is 774. The first kappa shape index (κ1) is 20.1. The van der Waals surface area contributed by atoms with E-state index in [4.69, 9.17) is 0 Å². The fraction of sp³-hybridized carbons (Fsp3) is 0.391. The Morgan fingerprint density at radius 2 is 1.82 bits per heavy atom. The molecule has 2 N–H and O–H groups in total. The maximum absolute atomic E-state index is 12.4. The Hall–Kier alpha value is -2.66. The summed E-state index contributed by atoms with van der Waals surface area (Å²) in [6.07, 6.45) is 2.20. The number of piperazine rings is 1. The molecule has 0 aliphatic carbocycles. The molecule has 0 radical (unpaired) electrons. The van der Waals surface area contributed by atoms with Crippen LogP contribution in [0.15, 0.2) is 54.6 Å². The SMILES string of the molecule is CCCCNC(=O)C[C@H]1C(=O)NCCN1Cc1ccc(-c2ccccc2)cc1. The van der Waals surface area contributed by atoms with Crippen LogP contribution in [0.2, 0.25) is 0 Å². The third kappa shape index (κ3) is 5.42. The van der Waals surface area contributed by atoms with Crippen LogP contribution in [0.25, 0.3) is 11.1 Å². The van der Waals surface area contributed by atoms with Crippen molar-refractivity contribution in [3.63, 3.8) is 0 Å². The van der Waals surface area contributed by atoms with Crippen molar-refractivity contribution in [3.8, 4) is 11.1 Å². The van der Waals surface area contributed by atoms with Crippen molar-refractivity contribution in [1.29, 1.82) is 0 Å². The Kier molecular flexibility index (Phi) is 7.20. The highest BCUT2D eigenvalue weighted by Gasteiger charge is 2.31. The number of unbranched alkanes of at least 4 members (excludes halogenated alkanes) is 1. The molecule has 2 aromatic rings. The number of benzene rings is 2. The lowest BCUT2D eigenvalue weighted by Crippen LogP contribution is -2.56. The lowest BCUT2D eigenvalue weighted by atomic mass is 10.0. The fourth-order valence-corrected chi connectivity index (χ4v) is 3.49. The molecule has 0 saturated carbocycles. The maximum Gasteiger partial charge on any atom is 0.237 e. The van der Waals surface area contributed by atoms with Crippen LogP contribution in [0.3, 0.4) is 0 Å². The molecule has 1 heterocycles. The zero-order chi connectivity index (χ0) is 19.8. The molecule has 0 spiro atoms. The highest BCUT2D eigenvalue weighted by molar-refractivity contribution is 5.88. The molecule has 0 unspecified atom stereocenters. The number of hydrogen-bond acceptors (Lipinski definition) is 3. The number of carbonyl (C=O) groups is 2. The zero-order valence-electron chi connectivity index (χ0n) is 16.5. The molecular weight excluding hydrogens is 350 g/mol. The smallest absolute Gasteiger partial charge is 0.237 e. The van der Waals surface area contributed by atoms with E-state index in [0.717, 1.165) is 24.9 Å². The molecule has 3 rings (SSSR count). The Morgan fingerprint density at radius 3 is 2.54 bits per heavy atom. The summed E-state index contributed by atoms with van der Waals surface area (Å²) in [7, 11) is 0. The number of hydrogen-bond donors (Lipinski definition) is 2. The van der Waals surface area contributed by atoms with E-state index in [2.05, 4.69) is 58.9 Å². The fourth-order valence-electron chi connectivity index (χ4n) is 3.49. The molecule has 148 valence electrons. The highest BCUT2D eigenvalue weighted by Crippen LogP contribution is 2.21. The van der Waals surface area contributed by atoms with Gasteiger partial charge in [-0.3, -0.25) is 14.5 Å². The van der Waals surface area contributed by atoms with Gasteiger partial charge in [0.15, 0.2) is 0 Å². The number of amides is 2. The second-order valence-electron chi connectivity index (χ2n) is 7.25. The van der Waals surface area contributed by atoms with E-state index in [1.165, 1.54) is 11.1 Å². The van der Waals surface area contributed by atoms with Gasteiger partial charge in [0, 0.05) is 26.2 Å². The summed E-state index contributed by atoms with van der Waals surface area (Å²) >= 11 is 0. The topological polar surface area (TPSA) is 61.4 Å². The van der Waals surface area contributed by atoms with Crippen molar-refractivity contribution in [3.05, 3.63) is 60.2 Å². The minimum atomic E-state index is -0.413. The van der Waals surface area contributed by atoms with Crippen LogP contribution in [0.4, 0.5) is 0 Å². The Morgan fingerprint density at radius 1 is 1.11 bits per heavy atom. The van der Waals surface area contributed by atoms with Gasteiger partial charge in [-0.25, -0.2) is 0 Å². The lowest BCUT2D eigenvalue weighted by Gasteiger charge is -2.34. The molecule has 1 aliphatic rings. The van der Waals surface area contributed by atoms with Crippen LogP contribution >= 0.6 is 0 Å². The van der Waals surface area contributed by atoms with E-state index in [0.29, 0.717) is 19.6 Å². The zero-order valence-corrected chi connectivity index (χ0v) is 16.5. The predicted octanol–water partition coefficient (Wildman–Crippen LogP) is 2.96.